The van der Waals surface area contributed by atoms with Gasteiger partial charge in [0.1, 0.15) is 0 Å². The van der Waals surface area contributed by atoms with E-state index in [1.807, 2.05) is 0 Å². The highest BCUT2D eigenvalue weighted by Crippen LogP contribution is 2.15. The van der Waals surface area contributed by atoms with E-state index in [0.717, 1.165) is 19.7 Å². The van der Waals surface area contributed by atoms with Crippen LogP contribution in [0.3, 0.4) is 0 Å². The zero-order valence-electron chi connectivity index (χ0n) is 7.00. The van der Waals surface area contributed by atoms with Crippen LogP contribution in [0.4, 0.5) is 0 Å². The van der Waals surface area contributed by atoms with E-state index in [4.69, 9.17) is 10.00 Å². The second-order valence-corrected chi connectivity index (χ2v) is 4.28. The van der Waals surface area contributed by atoms with Crippen molar-refractivity contribution < 1.29 is 4.74 Å². The summed E-state index contributed by atoms with van der Waals surface area (Å²) in [7, 11) is 0. The molecule has 1 heterocycles. The van der Waals surface area contributed by atoms with Gasteiger partial charge in [0.15, 0.2) is 0 Å². The zero-order valence-corrected chi connectivity index (χ0v) is 9.16. The Morgan fingerprint density at radius 2 is 2.50 bits per heavy atom. The van der Waals surface area contributed by atoms with Crippen LogP contribution in [0.5, 0.6) is 0 Å². The molecule has 1 atom stereocenters. The summed E-state index contributed by atoms with van der Waals surface area (Å²) >= 11 is 2.26. The molecule has 0 aromatic heterocycles. The molecule has 1 saturated heterocycles. The van der Waals surface area contributed by atoms with E-state index < -0.39 is 0 Å². The molecule has 1 unspecified atom stereocenters. The molecule has 1 aliphatic heterocycles. The number of hydrogen-bond acceptors (Lipinski definition) is 3. The van der Waals surface area contributed by atoms with Crippen LogP contribution in [0.25, 0.3) is 0 Å². The fourth-order valence-electron chi connectivity index (χ4n) is 1.27. The zero-order chi connectivity index (χ0) is 8.81. The van der Waals surface area contributed by atoms with Gasteiger partial charge in [-0.1, -0.05) is 0 Å². The summed E-state index contributed by atoms with van der Waals surface area (Å²) in [5.41, 5.74) is 0. The maximum atomic E-state index is 8.36. The lowest BCUT2D eigenvalue weighted by molar-refractivity contribution is 0.0993. The van der Waals surface area contributed by atoms with Crippen LogP contribution in [0.15, 0.2) is 0 Å². The third kappa shape index (κ3) is 3.70. The van der Waals surface area contributed by atoms with Gasteiger partial charge in [-0.05, 0) is 12.8 Å². The summed E-state index contributed by atoms with van der Waals surface area (Å²) in [5.74, 6) is 0. The first kappa shape index (κ1) is 10.2. The van der Waals surface area contributed by atoms with Crippen molar-refractivity contribution in [1.82, 2.24) is 3.11 Å². The van der Waals surface area contributed by atoms with Gasteiger partial charge in [0, 0.05) is 49.0 Å². The minimum Gasteiger partial charge on any atom is -0.377 e. The fraction of sp³-hybridized carbons (Fsp3) is 0.875. The van der Waals surface area contributed by atoms with E-state index >= 15 is 0 Å². The molecule has 68 valence electrons. The number of nitriles is 1. The topological polar surface area (TPSA) is 36.3 Å². The van der Waals surface area contributed by atoms with Gasteiger partial charge in [-0.3, -0.25) is 0 Å². The molecule has 0 aromatic rings. The van der Waals surface area contributed by atoms with Crippen LogP contribution in [0, 0.1) is 11.3 Å². The quantitative estimate of drug-likeness (QED) is 0.581. The lowest BCUT2D eigenvalue weighted by atomic mass is 10.2. The standard InChI is InChI=1S/C8H13IN2O/c9-11(5-2-4-10)7-8-3-1-6-12-8/h8H,1-3,5-7H2. The predicted octanol–water partition coefficient (Wildman–Crippen LogP) is 1.73. The smallest absolute Gasteiger partial charge is 0.0711 e. The Balaban J connectivity index is 2.08. The van der Waals surface area contributed by atoms with Gasteiger partial charge in [-0.15, -0.1) is 0 Å². The van der Waals surface area contributed by atoms with Crippen molar-refractivity contribution in [3.8, 4) is 6.07 Å². The largest absolute Gasteiger partial charge is 0.377 e. The molecule has 0 spiro atoms. The molecule has 0 bridgehead atoms. The Morgan fingerprint density at radius 1 is 1.67 bits per heavy atom. The highest BCUT2D eigenvalue weighted by Gasteiger charge is 2.17. The molecule has 0 amide bonds. The highest BCUT2D eigenvalue weighted by atomic mass is 127. The average Bonchev–Trinajstić information content (AvgIpc) is 2.53. The normalized spacial score (nSPS) is 22.9. The van der Waals surface area contributed by atoms with E-state index in [1.54, 1.807) is 0 Å². The first-order valence-corrected chi connectivity index (χ1v) is 5.18. The Labute approximate surface area is 87.2 Å². The predicted molar refractivity (Wildman–Crippen MR) is 54.8 cm³/mol. The summed E-state index contributed by atoms with van der Waals surface area (Å²) in [6, 6.07) is 2.14. The summed E-state index contributed by atoms with van der Waals surface area (Å²) in [5, 5.41) is 8.36. The third-order valence-electron chi connectivity index (χ3n) is 1.89. The van der Waals surface area contributed by atoms with E-state index in [2.05, 4.69) is 32.0 Å². The van der Waals surface area contributed by atoms with Crippen LogP contribution in [-0.4, -0.2) is 28.9 Å². The van der Waals surface area contributed by atoms with E-state index in [1.165, 1.54) is 12.8 Å². The number of rotatable bonds is 4. The monoisotopic (exact) mass is 280 g/mol. The molecule has 4 heteroatoms. The molecule has 1 rings (SSSR count). The molecule has 0 aromatic carbocycles. The Morgan fingerprint density at radius 3 is 3.08 bits per heavy atom. The lowest BCUT2D eigenvalue weighted by Crippen LogP contribution is -2.24. The molecule has 3 nitrogen and oxygen atoms in total. The van der Waals surface area contributed by atoms with Gasteiger partial charge in [-0.25, -0.2) is 3.11 Å². The summed E-state index contributed by atoms with van der Waals surface area (Å²) in [6.45, 7) is 2.71. The first-order valence-electron chi connectivity index (χ1n) is 4.22. The van der Waals surface area contributed by atoms with Gasteiger partial charge in [0.05, 0.1) is 12.2 Å². The van der Waals surface area contributed by atoms with Crippen molar-refractivity contribution in [2.75, 3.05) is 19.7 Å². The minimum absolute atomic E-state index is 0.403. The van der Waals surface area contributed by atoms with Crippen LogP contribution in [-0.2, 0) is 4.74 Å². The van der Waals surface area contributed by atoms with E-state index in [9.17, 15) is 0 Å². The number of nitrogens with zero attached hydrogens (tertiary/aromatic N) is 2. The molecule has 0 N–H and O–H groups in total. The lowest BCUT2D eigenvalue weighted by Gasteiger charge is -2.16. The SMILES string of the molecule is N#CCCN(I)CC1CCCO1. The van der Waals surface area contributed by atoms with Crippen LogP contribution >= 0.6 is 22.9 Å². The van der Waals surface area contributed by atoms with E-state index in [-0.39, 0.29) is 0 Å². The van der Waals surface area contributed by atoms with Crippen molar-refractivity contribution in [3.63, 3.8) is 0 Å². The molecule has 1 fully saturated rings. The van der Waals surface area contributed by atoms with Crippen LogP contribution in [0.1, 0.15) is 19.3 Å². The van der Waals surface area contributed by atoms with Gasteiger partial charge in [-0.2, -0.15) is 5.26 Å². The third-order valence-corrected chi connectivity index (χ3v) is 2.77. The molecular formula is C8H13IN2O. The van der Waals surface area contributed by atoms with E-state index in [0.29, 0.717) is 12.5 Å². The molecular weight excluding hydrogens is 267 g/mol. The molecule has 0 aliphatic carbocycles. The van der Waals surface area contributed by atoms with Crippen molar-refractivity contribution >= 4 is 22.9 Å². The number of hydrogen-bond donors (Lipinski definition) is 0. The molecule has 1 aliphatic rings. The Kier molecular flexibility index (Phi) is 4.88. The highest BCUT2D eigenvalue weighted by molar-refractivity contribution is 14.1. The van der Waals surface area contributed by atoms with Crippen molar-refractivity contribution in [3.05, 3.63) is 0 Å². The molecule has 0 radical (unpaired) electrons. The van der Waals surface area contributed by atoms with Crippen molar-refractivity contribution in [1.29, 1.82) is 5.26 Å². The van der Waals surface area contributed by atoms with Crippen molar-refractivity contribution in [2.45, 2.75) is 25.4 Å². The van der Waals surface area contributed by atoms with Crippen molar-refractivity contribution in [2.24, 2.45) is 0 Å². The van der Waals surface area contributed by atoms with Gasteiger partial charge in [0.25, 0.3) is 0 Å². The molecule has 0 saturated carbocycles. The summed E-state index contributed by atoms with van der Waals surface area (Å²) in [4.78, 5) is 0. The second kappa shape index (κ2) is 5.73. The second-order valence-electron chi connectivity index (χ2n) is 2.91. The van der Waals surface area contributed by atoms with Gasteiger partial charge < -0.3 is 4.74 Å². The minimum atomic E-state index is 0.403. The molecule has 12 heavy (non-hydrogen) atoms. The number of ether oxygens (including phenoxy) is 1. The summed E-state index contributed by atoms with van der Waals surface area (Å²) in [6.07, 6.45) is 3.37. The van der Waals surface area contributed by atoms with Gasteiger partial charge >= 0.3 is 0 Å². The Bertz CT molecular complexity index is 163. The maximum Gasteiger partial charge on any atom is 0.0711 e. The summed E-state index contributed by atoms with van der Waals surface area (Å²) < 4.78 is 7.61. The van der Waals surface area contributed by atoms with Gasteiger partial charge in [0.2, 0.25) is 0 Å². The number of halogens is 1. The Hall–Kier alpha value is 0.140. The fourth-order valence-corrected chi connectivity index (χ4v) is 1.95. The van der Waals surface area contributed by atoms with Crippen LogP contribution < -0.4 is 0 Å². The maximum absolute atomic E-state index is 8.36. The van der Waals surface area contributed by atoms with Crippen LogP contribution in [0.2, 0.25) is 0 Å². The average molecular weight is 280 g/mol. The first-order chi connectivity index (χ1) is 5.83.